The number of carbonyl (C=O) groups excluding carboxylic acids is 1. The lowest BCUT2D eigenvalue weighted by atomic mass is 10.1. The second-order valence-corrected chi connectivity index (χ2v) is 3.38. The third-order valence-corrected chi connectivity index (χ3v) is 2.34. The number of rotatable bonds is 6. The number of methoxy groups -OCH3 is 2. The SMILES string of the molecule is COc1cccc(CCC(=O)C(=O)O)c1OC. The highest BCUT2D eigenvalue weighted by atomic mass is 16.5. The van der Waals surface area contributed by atoms with Crippen LogP contribution in [0, 0.1) is 0 Å². The van der Waals surface area contributed by atoms with Crippen molar-refractivity contribution in [2.24, 2.45) is 0 Å². The Hall–Kier alpha value is -2.04. The summed E-state index contributed by atoms with van der Waals surface area (Å²) in [6.07, 6.45) is 0.254. The first-order chi connectivity index (χ1) is 8.10. The zero-order valence-corrected chi connectivity index (χ0v) is 9.73. The van der Waals surface area contributed by atoms with Crippen molar-refractivity contribution in [1.82, 2.24) is 0 Å². The summed E-state index contributed by atoms with van der Waals surface area (Å²) in [5.74, 6) is -1.12. The first-order valence-corrected chi connectivity index (χ1v) is 5.06. The average molecular weight is 238 g/mol. The van der Waals surface area contributed by atoms with E-state index in [9.17, 15) is 9.59 Å². The highest BCUT2D eigenvalue weighted by Crippen LogP contribution is 2.31. The summed E-state index contributed by atoms with van der Waals surface area (Å²) < 4.78 is 10.3. The van der Waals surface area contributed by atoms with E-state index in [-0.39, 0.29) is 6.42 Å². The van der Waals surface area contributed by atoms with Crippen LogP contribution in [0.1, 0.15) is 12.0 Å². The molecule has 0 aromatic heterocycles. The molecule has 1 aromatic rings. The fourth-order valence-electron chi connectivity index (χ4n) is 1.51. The molecular formula is C12H14O5. The molecule has 0 spiro atoms. The average Bonchev–Trinajstić information content (AvgIpc) is 2.34. The van der Waals surface area contributed by atoms with Crippen molar-refractivity contribution >= 4 is 11.8 Å². The largest absolute Gasteiger partial charge is 0.493 e. The number of carbonyl (C=O) groups is 2. The second-order valence-electron chi connectivity index (χ2n) is 3.38. The van der Waals surface area contributed by atoms with Gasteiger partial charge in [0.1, 0.15) is 0 Å². The summed E-state index contributed by atoms with van der Waals surface area (Å²) in [6.45, 7) is 0. The smallest absolute Gasteiger partial charge is 0.372 e. The molecule has 92 valence electrons. The number of ether oxygens (including phenoxy) is 2. The van der Waals surface area contributed by atoms with E-state index in [0.717, 1.165) is 5.56 Å². The molecule has 5 nitrogen and oxygen atoms in total. The fraction of sp³-hybridized carbons (Fsp3) is 0.333. The predicted molar refractivity (Wildman–Crippen MR) is 60.5 cm³/mol. The number of Topliss-reactive ketones (excluding diaryl/α,β-unsaturated/α-hetero) is 1. The molecule has 1 aromatic carbocycles. The minimum atomic E-state index is -1.41. The van der Waals surface area contributed by atoms with Crippen LogP contribution in [-0.2, 0) is 16.0 Å². The normalized spacial score (nSPS) is 9.76. The molecule has 17 heavy (non-hydrogen) atoms. The molecule has 0 radical (unpaired) electrons. The number of para-hydroxylation sites is 1. The number of aliphatic carboxylic acids is 1. The van der Waals surface area contributed by atoms with Gasteiger partial charge in [0.25, 0.3) is 0 Å². The number of hydrogen-bond acceptors (Lipinski definition) is 4. The maximum absolute atomic E-state index is 11.0. The number of ketones is 1. The van der Waals surface area contributed by atoms with Gasteiger partial charge >= 0.3 is 5.97 Å². The van der Waals surface area contributed by atoms with Crippen LogP contribution < -0.4 is 9.47 Å². The molecule has 0 aliphatic rings. The molecule has 0 bridgehead atoms. The number of carboxylic acid groups (broad SMARTS) is 1. The summed E-state index contributed by atoms with van der Waals surface area (Å²) in [6, 6.07) is 5.28. The van der Waals surface area contributed by atoms with E-state index < -0.39 is 11.8 Å². The van der Waals surface area contributed by atoms with E-state index in [1.165, 1.54) is 14.2 Å². The van der Waals surface area contributed by atoms with Gasteiger partial charge in [-0.05, 0) is 18.1 Å². The van der Waals surface area contributed by atoms with E-state index in [2.05, 4.69) is 0 Å². The Morgan fingerprint density at radius 3 is 2.47 bits per heavy atom. The summed E-state index contributed by atoms with van der Waals surface area (Å²) >= 11 is 0. The second kappa shape index (κ2) is 5.89. The van der Waals surface area contributed by atoms with E-state index in [0.29, 0.717) is 17.9 Å². The van der Waals surface area contributed by atoms with Gasteiger partial charge in [-0.3, -0.25) is 4.79 Å². The molecule has 0 atom stereocenters. The molecule has 0 fully saturated rings. The Labute approximate surface area is 99.0 Å². The maximum Gasteiger partial charge on any atom is 0.372 e. The lowest BCUT2D eigenvalue weighted by Crippen LogP contribution is -2.13. The third-order valence-electron chi connectivity index (χ3n) is 2.34. The molecule has 1 rings (SSSR count). The van der Waals surface area contributed by atoms with Crippen LogP contribution >= 0.6 is 0 Å². The first kappa shape index (κ1) is 13.0. The van der Waals surface area contributed by atoms with E-state index in [4.69, 9.17) is 14.6 Å². The van der Waals surface area contributed by atoms with Crippen LogP contribution in [0.25, 0.3) is 0 Å². The van der Waals surface area contributed by atoms with Crippen LogP contribution in [-0.4, -0.2) is 31.1 Å². The van der Waals surface area contributed by atoms with Crippen LogP contribution in [0.2, 0.25) is 0 Å². The lowest BCUT2D eigenvalue weighted by Gasteiger charge is -2.11. The predicted octanol–water partition coefficient (Wildman–Crippen LogP) is 1.29. The Bertz CT molecular complexity index is 425. The molecule has 1 N–H and O–H groups in total. The molecule has 0 heterocycles. The summed E-state index contributed by atoms with van der Waals surface area (Å²) in [5, 5.41) is 8.48. The van der Waals surface area contributed by atoms with Crippen LogP contribution in [0.5, 0.6) is 11.5 Å². The monoisotopic (exact) mass is 238 g/mol. The van der Waals surface area contributed by atoms with E-state index >= 15 is 0 Å². The van der Waals surface area contributed by atoms with Crippen LogP contribution in [0.4, 0.5) is 0 Å². The number of carboxylic acids is 1. The van der Waals surface area contributed by atoms with Gasteiger partial charge in [0.05, 0.1) is 14.2 Å². The summed E-state index contributed by atoms with van der Waals surface area (Å²) in [7, 11) is 3.02. The van der Waals surface area contributed by atoms with Crippen molar-refractivity contribution in [3.05, 3.63) is 23.8 Å². The summed E-state index contributed by atoms with van der Waals surface area (Å²) in [5.41, 5.74) is 0.751. The Morgan fingerprint density at radius 1 is 1.24 bits per heavy atom. The molecule has 5 heteroatoms. The fourth-order valence-corrected chi connectivity index (χ4v) is 1.51. The van der Waals surface area contributed by atoms with E-state index in [1.807, 2.05) is 0 Å². The zero-order chi connectivity index (χ0) is 12.8. The highest BCUT2D eigenvalue weighted by Gasteiger charge is 2.14. The molecule has 0 saturated heterocycles. The molecular weight excluding hydrogens is 224 g/mol. The molecule has 0 aliphatic carbocycles. The first-order valence-electron chi connectivity index (χ1n) is 5.06. The molecule has 0 unspecified atom stereocenters. The van der Waals surface area contributed by atoms with Gasteiger partial charge in [-0.2, -0.15) is 0 Å². The van der Waals surface area contributed by atoms with Gasteiger partial charge in [-0.1, -0.05) is 12.1 Å². The van der Waals surface area contributed by atoms with Gasteiger partial charge in [-0.15, -0.1) is 0 Å². The highest BCUT2D eigenvalue weighted by molar-refractivity contribution is 6.32. The number of aryl methyl sites for hydroxylation is 1. The standard InChI is InChI=1S/C12H14O5/c1-16-10-5-3-4-8(11(10)17-2)6-7-9(13)12(14)15/h3-5H,6-7H2,1-2H3,(H,14,15). The van der Waals surface area contributed by atoms with Crippen molar-refractivity contribution in [3.8, 4) is 11.5 Å². The van der Waals surface area contributed by atoms with Crippen molar-refractivity contribution in [1.29, 1.82) is 0 Å². The Morgan fingerprint density at radius 2 is 1.94 bits per heavy atom. The Kier molecular flexibility index (Phi) is 4.51. The van der Waals surface area contributed by atoms with Crippen LogP contribution in [0.15, 0.2) is 18.2 Å². The molecule has 0 amide bonds. The third kappa shape index (κ3) is 3.21. The summed E-state index contributed by atoms with van der Waals surface area (Å²) in [4.78, 5) is 21.4. The van der Waals surface area contributed by atoms with Crippen molar-refractivity contribution in [2.45, 2.75) is 12.8 Å². The zero-order valence-electron chi connectivity index (χ0n) is 9.73. The van der Waals surface area contributed by atoms with Gasteiger partial charge in [0.2, 0.25) is 5.78 Å². The number of benzene rings is 1. The van der Waals surface area contributed by atoms with Crippen molar-refractivity contribution < 1.29 is 24.2 Å². The topological polar surface area (TPSA) is 72.8 Å². The minimum absolute atomic E-state index is 0.0567. The quantitative estimate of drug-likeness (QED) is 0.756. The number of hydrogen-bond donors (Lipinski definition) is 1. The molecule has 0 aliphatic heterocycles. The van der Waals surface area contributed by atoms with Gasteiger partial charge in [-0.25, -0.2) is 4.79 Å². The van der Waals surface area contributed by atoms with Gasteiger partial charge < -0.3 is 14.6 Å². The maximum atomic E-state index is 11.0. The Balaban J connectivity index is 2.84. The molecule has 0 saturated carbocycles. The van der Waals surface area contributed by atoms with Crippen molar-refractivity contribution in [3.63, 3.8) is 0 Å². The van der Waals surface area contributed by atoms with Crippen LogP contribution in [0.3, 0.4) is 0 Å². The van der Waals surface area contributed by atoms with Crippen molar-refractivity contribution in [2.75, 3.05) is 14.2 Å². The van der Waals surface area contributed by atoms with Gasteiger partial charge in [0, 0.05) is 6.42 Å². The van der Waals surface area contributed by atoms with Gasteiger partial charge in [0.15, 0.2) is 11.5 Å². The minimum Gasteiger partial charge on any atom is -0.493 e. The van der Waals surface area contributed by atoms with E-state index in [1.54, 1.807) is 18.2 Å². The lowest BCUT2D eigenvalue weighted by molar-refractivity contribution is -0.149.